The number of carboxylic acid groups (broad SMARTS) is 1. The normalized spacial score (nSPS) is 22.6. The van der Waals surface area contributed by atoms with Gasteiger partial charge in [0.25, 0.3) is 0 Å². The molecule has 0 aromatic rings. The van der Waals surface area contributed by atoms with Crippen LogP contribution in [0, 0.1) is 5.92 Å². The van der Waals surface area contributed by atoms with Crippen molar-refractivity contribution in [3.63, 3.8) is 0 Å². The third-order valence-corrected chi connectivity index (χ3v) is 1.37. The zero-order valence-corrected chi connectivity index (χ0v) is 6.23. The van der Waals surface area contributed by atoms with Gasteiger partial charge in [0, 0.05) is 6.54 Å². The van der Waals surface area contributed by atoms with Crippen LogP contribution in [-0.4, -0.2) is 17.6 Å². The van der Waals surface area contributed by atoms with Gasteiger partial charge in [-0.2, -0.15) is 0 Å². The lowest BCUT2D eigenvalue weighted by molar-refractivity contribution is -0.141. The van der Waals surface area contributed by atoms with Gasteiger partial charge in [-0.1, -0.05) is 6.08 Å². The van der Waals surface area contributed by atoms with Crippen molar-refractivity contribution in [3.8, 4) is 0 Å². The molecule has 2 N–H and O–H groups in total. The summed E-state index contributed by atoms with van der Waals surface area (Å²) >= 11 is 0. The summed E-state index contributed by atoms with van der Waals surface area (Å²) in [5, 5.41) is 11.3. The molecule has 10 heavy (non-hydrogen) atoms. The van der Waals surface area contributed by atoms with E-state index in [0.29, 0.717) is 13.0 Å². The molecule has 0 saturated heterocycles. The summed E-state index contributed by atoms with van der Waals surface area (Å²) in [6.45, 7) is 0.561. The van der Waals surface area contributed by atoms with Gasteiger partial charge < -0.3 is 10.4 Å². The molecule has 4 heteroatoms. The van der Waals surface area contributed by atoms with Gasteiger partial charge in [-0.25, -0.2) is 0 Å². The van der Waals surface area contributed by atoms with E-state index < -0.39 is 5.97 Å². The third-order valence-electron chi connectivity index (χ3n) is 1.37. The molecule has 1 rings (SSSR count). The first-order valence-electron chi connectivity index (χ1n) is 2.92. The Balaban J connectivity index is 0.000000810. The van der Waals surface area contributed by atoms with Crippen LogP contribution in [0.2, 0.25) is 0 Å². The minimum Gasteiger partial charge on any atom is -0.481 e. The van der Waals surface area contributed by atoms with Crippen LogP contribution < -0.4 is 5.32 Å². The van der Waals surface area contributed by atoms with Crippen LogP contribution in [0.4, 0.5) is 0 Å². The molecule has 1 aliphatic rings. The molecule has 1 atom stereocenters. The van der Waals surface area contributed by atoms with Gasteiger partial charge in [0.1, 0.15) is 0 Å². The number of aliphatic carboxylic acids is 1. The monoisotopic (exact) mass is 163 g/mol. The molecule has 58 valence electrons. The maximum atomic E-state index is 10.3. The van der Waals surface area contributed by atoms with Crippen molar-refractivity contribution in [2.24, 2.45) is 5.92 Å². The van der Waals surface area contributed by atoms with Crippen LogP contribution in [0.5, 0.6) is 0 Å². The maximum Gasteiger partial charge on any atom is 0.308 e. The molecule has 0 saturated carbocycles. The van der Waals surface area contributed by atoms with E-state index in [4.69, 9.17) is 5.11 Å². The number of hydrogen-bond acceptors (Lipinski definition) is 2. The zero-order valence-electron chi connectivity index (χ0n) is 5.41. The molecule has 0 aromatic carbocycles. The Morgan fingerprint density at radius 1 is 1.70 bits per heavy atom. The van der Waals surface area contributed by atoms with Crippen molar-refractivity contribution in [2.75, 3.05) is 6.54 Å². The van der Waals surface area contributed by atoms with E-state index in [9.17, 15) is 4.79 Å². The first-order valence-corrected chi connectivity index (χ1v) is 2.92. The Morgan fingerprint density at radius 2 is 2.40 bits per heavy atom. The van der Waals surface area contributed by atoms with Crippen molar-refractivity contribution < 1.29 is 9.90 Å². The van der Waals surface area contributed by atoms with E-state index >= 15 is 0 Å². The Bertz CT molecular complexity index is 147. The fraction of sp³-hybridized carbons (Fsp3) is 0.500. The first kappa shape index (κ1) is 9.30. The third kappa shape index (κ3) is 2.27. The largest absolute Gasteiger partial charge is 0.481 e. The SMILES string of the molecule is Cl.O=C(O)C1CC=CNC1. The molecular weight excluding hydrogens is 154 g/mol. The molecular formula is C6H10ClNO2. The van der Waals surface area contributed by atoms with E-state index in [1.807, 2.05) is 6.08 Å². The molecule has 0 aliphatic carbocycles. The molecule has 0 spiro atoms. The van der Waals surface area contributed by atoms with Crippen LogP contribution >= 0.6 is 12.4 Å². The lowest BCUT2D eigenvalue weighted by atomic mass is 10.0. The van der Waals surface area contributed by atoms with Crippen molar-refractivity contribution in [1.82, 2.24) is 5.32 Å². The molecule has 1 aliphatic heterocycles. The highest BCUT2D eigenvalue weighted by atomic mass is 35.5. The average Bonchev–Trinajstić information content (AvgIpc) is 1.90. The van der Waals surface area contributed by atoms with Crippen molar-refractivity contribution in [1.29, 1.82) is 0 Å². The van der Waals surface area contributed by atoms with Crippen LogP contribution in [-0.2, 0) is 4.79 Å². The maximum absolute atomic E-state index is 10.3. The number of carboxylic acids is 1. The van der Waals surface area contributed by atoms with Gasteiger partial charge in [0.15, 0.2) is 0 Å². The van der Waals surface area contributed by atoms with Crippen LogP contribution in [0.25, 0.3) is 0 Å². The van der Waals surface area contributed by atoms with Crippen LogP contribution in [0.1, 0.15) is 6.42 Å². The van der Waals surface area contributed by atoms with Crippen molar-refractivity contribution in [2.45, 2.75) is 6.42 Å². The molecule has 1 heterocycles. The van der Waals surface area contributed by atoms with Gasteiger partial charge in [0.05, 0.1) is 5.92 Å². The van der Waals surface area contributed by atoms with Crippen molar-refractivity contribution >= 4 is 18.4 Å². The predicted molar refractivity (Wildman–Crippen MR) is 40.1 cm³/mol. The predicted octanol–water partition coefficient (Wildman–Crippen LogP) is 0.616. The topological polar surface area (TPSA) is 49.3 Å². The summed E-state index contributed by atoms with van der Waals surface area (Å²) in [5.74, 6) is -0.943. The standard InChI is InChI=1S/C6H9NO2.ClH/c8-6(9)5-2-1-3-7-4-5;/h1,3,5,7H,2,4H2,(H,8,9);1H. The fourth-order valence-electron chi connectivity index (χ4n) is 0.797. The first-order chi connectivity index (χ1) is 4.30. The Kier molecular flexibility index (Phi) is 3.88. The quantitative estimate of drug-likeness (QED) is 0.596. The number of nitrogens with one attached hydrogen (secondary N) is 1. The van der Waals surface area contributed by atoms with Gasteiger partial charge in [-0.3, -0.25) is 4.79 Å². The van der Waals surface area contributed by atoms with Crippen LogP contribution in [0.15, 0.2) is 12.3 Å². The van der Waals surface area contributed by atoms with E-state index in [2.05, 4.69) is 5.32 Å². The fourth-order valence-corrected chi connectivity index (χ4v) is 0.797. The highest BCUT2D eigenvalue weighted by Gasteiger charge is 2.16. The summed E-state index contributed by atoms with van der Waals surface area (Å²) < 4.78 is 0. The second-order valence-corrected chi connectivity index (χ2v) is 2.08. The van der Waals surface area contributed by atoms with E-state index in [0.717, 1.165) is 0 Å². The minimum atomic E-state index is -0.716. The molecule has 0 amide bonds. The second kappa shape index (κ2) is 4.17. The average molecular weight is 164 g/mol. The van der Waals surface area contributed by atoms with Gasteiger partial charge in [-0.15, -0.1) is 12.4 Å². The highest BCUT2D eigenvalue weighted by molar-refractivity contribution is 5.85. The smallest absolute Gasteiger partial charge is 0.308 e. The number of halogens is 1. The number of carbonyl (C=O) groups is 1. The summed E-state index contributed by atoms with van der Waals surface area (Å²) in [6, 6.07) is 0. The molecule has 0 aromatic heterocycles. The molecule has 3 nitrogen and oxygen atoms in total. The number of hydrogen-bond donors (Lipinski definition) is 2. The van der Waals surface area contributed by atoms with E-state index in [1.165, 1.54) is 0 Å². The van der Waals surface area contributed by atoms with E-state index in [1.54, 1.807) is 6.20 Å². The molecule has 1 unspecified atom stereocenters. The molecule has 0 fully saturated rings. The summed E-state index contributed by atoms with van der Waals surface area (Å²) in [4.78, 5) is 10.3. The highest BCUT2D eigenvalue weighted by Crippen LogP contribution is 2.05. The molecule has 0 radical (unpaired) electrons. The lowest BCUT2D eigenvalue weighted by Crippen LogP contribution is -2.27. The summed E-state index contributed by atoms with van der Waals surface area (Å²) in [6.07, 6.45) is 4.28. The lowest BCUT2D eigenvalue weighted by Gasteiger charge is -2.13. The van der Waals surface area contributed by atoms with Gasteiger partial charge >= 0.3 is 5.97 Å². The number of allylic oxidation sites excluding steroid dienone is 1. The van der Waals surface area contributed by atoms with Crippen LogP contribution in [0.3, 0.4) is 0 Å². The Hall–Kier alpha value is -0.700. The Morgan fingerprint density at radius 3 is 2.70 bits per heavy atom. The summed E-state index contributed by atoms with van der Waals surface area (Å²) in [7, 11) is 0. The second-order valence-electron chi connectivity index (χ2n) is 2.08. The van der Waals surface area contributed by atoms with E-state index in [-0.39, 0.29) is 18.3 Å². The van der Waals surface area contributed by atoms with Gasteiger partial charge in [-0.05, 0) is 12.6 Å². The van der Waals surface area contributed by atoms with Crippen molar-refractivity contribution in [3.05, 3.63) is 12.3 Å². The Labute approximate surface area is 65.5 Å². The zero-order chi connectivity index (χ0) is 6.69. The summed E-state index contributed by atoms with van der Waals surface area (Å²) in [5.41, 5.74) is 0. The number of rotatable bonds is 1. The molecule has 0 bridgehead atoms. The minimum absolute atomic E-state index is 0. The van der Waals surface area contributed by atoms with Gasteiger partial charge in [0.2, 0.25) is 0 Å².